The lowest BCUT2D eigenvalue weighted by Gasteiger charge is -2.37. The minimum absolute atomic E-state index is 0.261. The molecule has 4 rings (SSSR count). The van der Waals surface area contributed by atoms with E-state index in [1.54, 1.807) is 0 Å². The van der Waals surface area contributed by atoms with Crippen molar-refractivity contribution in [3.63, 3.8) is 0 Å². The predicted octanol–water partition coefficient (Wildman–Crippen LogP) is 3.21. The van der Waals surface area contributed by atoms with Crippen molar-refractivity contribution in [2.24, 2.45) is 0 Å². The van der Waals surface area contributed by atoms with Crippen LogP contribution >= 0.6 is 11.3 Å². The summed E-state index contributed by atoms with van der Waals surface area (Å²) in [6, 6.07) is 5.27. The normalized spacial score (nSPS) is 23.2. The Morgan fingerprint density at radius 1 is 1.07 bits per heavy atom. The fourth-order valence-electron chi connectivity index (χ4n) is 4.14. The van der Waals surface area contributed by atoms with Crippen molar-refractivity contribution in [1.29, 1.82) is 0 Å². The Hall–Kier alpha value is -1.52. The quantitative estimate of drug-likeness (QED) is 0.746. The Labute approximate surface area is 177 Å². The van der Waals surface area contributed by atoms with Crippen LogP contribution in [-0.2, 0) is 24.9 Å². The van der Waals surface area contributed by atoms with Crippen LogP contribution in [0.5, 0.6) is 0 Å². The number of benzene rings is 1. The molecule has 5 nitrogen and oxygen atoms in total. The summed E-state index contributed by atoms with van der Waals surface area (Å²) >= 11 is 1.54. The molecule has 2 fully saturated rings. The van der Waals surface area contributed by atoms with E-state index in [0.29, 0.717) is 51.3 Å². The first-order valence-electron chi connectivity index (χ1n) is 10.2. The smallest absolute Gasteiger partial charge is 0.392 e. The van der Waals surface area contributed by atoms with Gasteiger partial charge in [0.25, 0.3) is 0 Å². The van der Waals surface area contributed by atoms with Gasteiger partial charge in [-0.3, -0.25) is 9.80 Å². The van der Waals surface area contributed by atoms with E-state index in [0.717, 1.165) is 35.7 Å². The average Bonchev–Trinajstić information content (AvgIpc) is 3.33. The van der Waals surface area contributed by atoms with Crippen molar-refractivity contribution >= 4 is 11.3 Å². The number of aliphatic hydroxyl groups is 2. The molecule has 2 aliphatic heterocycles. The topological polar surface area (TPSA) is 59.8 Å². The van der Waals surface area contributed by atoms with Gasteiger partial charge in [0.15, 0.2) is 0 Å². The van der Waals surface area contributed by atoms with Gasteiger partial charge in [-0.2, -0.15) is 13.2 Å². The van der Waals surface area contributed by atoms with Gasteiger partial charge in [-0.15, -0.1) is 11.3 Å². The number of likely N-dealkylation sites (tertiary alicyclic amines) is 2. The minimum atomic E-state index is -4.32. The second-order valence-corrected chi connectivity index (χ2v) is 9.25. The summed E-state index contributed by atoms with van der Waals surface area (Å²) in [4.78, 5) is 8.98. The van der Waals surface area contributed by atoms with Crippen LogP contribution in [0, 0.1) is 0 Å². The zero-order chi connectivity index (χ0) is 21.4. The lowest BCUT2D eigenvalue weighted by atomic mass is 9.88. The van der Waals surface area contributed by atoms with E-state index in [9.17, 15) is 23.4 Å². The maximum Gasteiger partial charge on any atom is 0.416 e. The predicted molar refractivity (Wildman–Crippen MR) is 108 cm³/mol. The van der Waals surface area contributed by atoms with Crippen molar-refractivity contribution in [1.82, 2.24) is 14.8 Å². The molecule has 164 valence electrons. The molecule has 1 aromatic carbocycles. The largest absolute Gasteiger partial charge is 0.416 e. The molecule has 2 N–H and O–H groups in total. The maximum atomic E-state index is 12.7. The molecule has 2 aliphatic rings. The van der Waals surface area contributed by atoms with Gasteiger partial charge in [-0.05, 0) is 37.0 Å². The summed E-state index contributed by atoms with van der Waals surface area (Å²) in [6.07, 6.45) is -2.71. The molecular weight excluding hydrogens is 415 g/mol. The SMILES string of the molecule is O[C@@H]1CCN(Cc2nc(C3(O)CCN(Cc4ccc(C(F)(F)F)cc4)CC3)cs2)C1. The molecule has 2 saturated heterocycles. The lowest BCUT2D eigenvalue weighted by molar-refractivity contribution is -0.137. The number of aromatic nitrogens is 1. The fraction of sp³-hybridized carbons (Fsp3) is 0.571. The van der Waals surface area contributed by atoms with Gasteiger partial charge in [-0.25, -0.2) is 4.98 Å². The summed E-state index contributed by atoms with van der Waals surface area (Å²) < 4.78 is 38.1. The van der Waals surface area contributed by atoms with Crippen molar-refractivity contribution in [3.05, 3.63) is 51.5 Å². The molecule has 0 amide bonds. The molecule has 0 radical (unpaired) electrons. The number of aliphatic hydroxyl groups excluding tert-OH is 1. The van der Waals surface area contributed by atoms with Gasteiger partial charge in [0, 0.05) is 38.1 Å². The van der Waals surface area contributed by atoms with Crippen LogP contribution in [0.25, 0.3) is 0 Å². The third kappa shape index (κ3) is 5.03. The molecule has 0 spiro atoms. The highest BCUT2D eigenvalue weighted by atomic mass is 32.1. The standard InChI is InChI=1S/C21H26F3N3O2S/c22-21(23,24)16-3-1-15(2-4-16)11-26-9-6-20(29,7-10-26)18-14-30-19(25-18)13-27-8-5-17(28)12-27/h1-4,14,17,28-29H,5-13H2/t17-/m1/s1. The Bertz CT molecular complexity index is 848. The summed E-state index contributed by atoms with van der Waals surface area (Å²) in [5, 5.41) is 23.6. The van der Waals surface area contributed by atoms with E-state index in [2.05, 4.69) is 14.8 Å². The maximum absolute atomic E-state index is 12.7. The van der Waals surface area contributed by atoms with Crippen LogP contribution in [0.4, 0.5) is 13.2 Å². The molecule has 2 aromatic rings. The molecule has 0 saturated carbocycles. The second kappa shape index (κ2) is 8.55. The number of nitrogens with zero attached hydrogens (tertiary/aromatic N) is 3. The van der Waals surface area contributed by atoms with Gasteiger partial charge in [0.1, 0.15) is 10.6 Å². The Morgan fingerprint density at radius 2 is 1.77 bits per heavy atom. The number of hydrogen-bond donors (Lipinski definition) is 2. The summed E-state index contributed by atoms with van der Waals surface area (Å²) in [5.74, 6) is 0. The van der Waals surface area contributed by atoms with Gasteiger partial charge in [0.2, 0.25) is 0 Å². The van der Waals surface area contributed by atoms with Crippen LogP contribution in [-0.4, -0.2) is 57.3 Å². The van der Waals surface area contributed by atoms with Crippen LogP contribution in [0.15, 0.2) is 29.6 Å². The zero-order valence-electron chi connectivity index (χ0n) is 16.6. The van der Waals surface area contributed by atoms with E-state index in [4.69, 9.17) is 0 Å². The number of halogens is 3. The summed E-state index contributed by atoms with van der Waals surface area (Å²) in [6.45, 7) is 4.09. The molecule has 30 heavy (non-hydrogen) atoms. The monoisotopic (exact) mass is 441 g/mol. The van der Waals surface area contributed by atoms with Gasteiger partial charge >= 0.3 is 6.18 Å². The number of thiazole rings is 1. The Morgan fingerprint density at radius 3 is 2.37 bits per heavy atom. The molecule has 0 unspecified atom stereocenters. The van der Waals surface area contributed by atoms with E-state index in [1.807, 2.05) is 5.38 Å². The van der Waals surface area contributed by atoms with Crippen LogP contribution in [0.3, 0.4) is 0 Å². The van der Waals surface area contributed by atoms with E-state index in [1.165, 1.54) is 23.5 Å². The van der Waals surface area contributed by atoms with Gasteiger partial charge < -0.3 is 10.2 Å². The number of rotatable bonds is 5. The second-order valence-electron chi connectivity index (χ2n) is 8.31. The average molecular weight is 442 g/mol. The highest BCUT2D eigenvalue weighted by molar-refractivity contribution is 7.09. The Balaban J connectivity index is 1.31. The van der Waals surface area contributed by atoms with Crippen molar-refractivity contribution in [2.45, 2.75) is 50.2 Å². The minimum Gasteiger partial charge on any atom is -0.392 e. The first-order valence-corrected chi connectivity index (χ1v) is 11.1. The highest BCUT2D eigenvalue weighted by Gasteiger charge is 2.36. The zero-order valence-corrected chi connectivity index (χ0v) is 17.4. The summed E-state index contributed by atoms with van der Waals surface area (Å²) in [7, 11) is 0. The van der Waals surface area contributed by atoms with Crippen molar-refractivity contribution < 1.29 is 23.4 Å². The van der Waals surface area contributed by atoms with Crippen LogP contribution < -0.4 is 0 Å². The van der Waals surface area contributed by atoms with E-state index >= 15 is 0 Å². The van der Waals surface area contributed by atoms with E-state index in [-0.39, 0.29) is 6.10 Å². The number of hydrogen-bond acceptors (Lipinski definition) is 6. The lowest BCUT2D eigenvalue weighted by Crippen LogP contribution is -2.42. The fourth-order valence-corrected chi connectivity index (χ4v) is 5.07. The number of β-amino-alcohol motifs (C(OH)–C–C–N with tert-alkyl or cyclic N) is 1. The summed E-state index contributed by atoms with van der Waals surface area (Å²) in [5.41, 5.74) is -0.0636. The first kappa shape index (κ1) is 21.7. The number of piperidine rings is 1. The van der Waals surface area contributed by atoms with E-state index < -0.39 is 17.3 Å². The van der Waals surface area contributed by atoms with Crippen LogP contribution in [0.1, 0.15) is 41.1 Å². The molecule has 0 aliphatic carbocycles. The van der Waals surface area contributed by atoms with Gasteiger partial charge in [-0.1, -0.05) is 12.1 Å². The molecule has 1 aromatic heterocycles. The van der Waals surface area contributed by atoms with Crippen LogP contribution in [0.2, 0.25) is 0 Å². The number of alkyl halides is 3. The van der Waals surface area contributed by atoms with Crippen molar-refractivity contribution in [2.75, 3.05) is 26.2 Å². The van der Waals surface area contributed by atoms with Crippen molar-refractivity contribution in [3.8, 4) is 0 Å². The Kier molecular flexibility index (Phi) is 6.18. The third-order valence-corrected chi connectivity index (χ3v) is 6.84. The molecule has 3 heterocycles. The molecule has 0 bridgehead atoms. The van der Waals surface area contributed by atoms with Gasteiger partial charge in [0.05, 0.1) is 23.9 Å². The first-order chi connectivity index (χ1) is 14.2. The highest BCUT2D eigenvalue weighted by Crippen LogP contribution is 2.34. The molecule has 9 heteroatoms. The molecule has 1 atom stereocenters. The molecular formula is C21H26F3N3O2S. The third-order valence-electron chi connectivity index (χ3n) is 6.01.